The molecule has 2 aliphatic rings. The van der Waals surface area contributed by atoms with Gasteiger partial charge in [0.1, 0.15) is 0 Å². The van der Waals surface area contributed by atoms with Gasteiger partial charge >= 0.3 is 0 Å². The fourth-order valence-electron chi connectivity index (χ4n) is 2.39. The molecule has 2 fully saturated rings. The zero-order valence-corrected chi connectivity index (χ0v) is 10.5. The molecule has 0 aromatic rings. The molecule has 1 aliphatic carbocycles. The van der Waals surface area contributed by atoms with E-state index in [2.05, 4.69) is 29.4 Å². The zero-order valence-electron chi connectivity index (χ0n) is 10.5. The summed E-state index contributed by atoms with van der Waals surface area (Å²) in [4.78, 5) is 0. The van der Waals surface area contributed by atoms with Crippen LogP contribution in [-0.2, 0) is 0 Å². The van der Waals surface area contributed by atoms with E-state index in [1.807, 2.05) is 0 Å². The molecule has 1 N–H and O–H groups in total. The van der Waals surface area contributed by atoms with Crippen LogP contribution in [-0.4, -0.2) is 24.5 Å². The fourth-order valence-corrected chi connectivity index (χ4v) is 2.39. The largest absolute Gasteiger partial charge is 0.317 e. The third-order valence-electron chi connectivity index (χ3n) is 3.99. The van der Waals surface area contributed by atoms with Gasteiger partial charge in [-0.25, -0.2) is 0 Å². The number of nitrogens with one attached hydrogen (secondary N) is 1. The summed E-state index contributed by atoms with van der Waals surface area (Å²) >= 11 is 0. The first-order valence-corrected chi connectivity index (χ1v) is 6.56. The Morgan fingerprint density at radius 3 is 1.81 bits per heavy atom. The number of hydrogen-bond donors (Lipinski definition) is 1. The molecule has 1 heterocycles. The van der Waals surface area contributed by atoms with Crippen molar-refractivity contribution in [3.05, 3.63) is 0 Å². The maximum atomic E-state index is 4.43. The van der Waals surface area contributed by atoms with E-state index in [9.17, 15) is 0 Å². The third kappa shape index (κ3) is 2.91. The van der Waals surface area contributed by atoms with Gasteiger partial charge in [0.05, 0.1) is 0 Å². The van der Waals surface area contributed by atoms with Crippen molar-refractivity contribution in [3.8, 4) is 0 Å². The van der Waals surface area contributed by atoms with Crippen LogP contribution < -0.4 is 5.32 Å². The molecule has 1 saturated heterocycles. The summed E-state index contributed by atoms with van der Waals surface area (Å²) in [5.74, 6) is 1.38. The normalized spacial score (nSPS) is 25.6. The van der Waals surface area contributed by atoms with Crippen molar-refractivity contribution in [1.82, 2.24) is 5.32 Å². The summed E-state index contributed by atoms with van der Waals surface area (Å²) in [6.45, 7) is 6.52. The van der Waals surface area contributed by atoms with Crippen molar-refractivity contribution in [3.63, 3.8) is 0 Å². The fraction of sp³-hybridized carbons (Fsp3) is 0.846. The number of hydrogen-bond acceptors (Lipinski definition) is 3. The highest BCUT2D eigenvalue weighted by molar-refractivity contribution is 5.88. The average molecular weight is 221 g/mol. The Morgan fingerprint density at radius 2 is 1.38 bits per heavy atom. The highest BCUT2D eigenvalue weighted by Gasteiger charge is 2.20. The summed E-state index contributed by atoms with van der Waals surface area (Å²) in [6, 6.07) is 0. The van der Waals surface area contributed by atoms with E-state index in [1.165, 1.54) is 43.5 Å². The molecular weight excluding hydrogens is 198 g/mol. The minimum atomic E-state index is 0.652. The number of piperidine rings is 1. The van der Waals surface area contributed by atoms with Crippen molar-refractivity contribution in [2.75, 3.05) is 13.1 Å². The van der Waals surface area contributed by atoms with Crippen LogP contribution in [0.3, 0.4) is 0 Å². The SMILES string of the molecule is C/C(=N\N=C(/C)C1CCNCC1)C1CCC1. The van der Waals surface area contributed by atoms with Crippen molar-refractivity contribution in [2.24, 2.45) is 22.0 Å². The van der Waals surface area contributed by atoms with Crippen LogP contribution in [0.1, 0.15) is 46.0 Å². The minimum absolute atomic E-state index is 0.652. The van der Waals surface area contributed by atoms with Gasteiger partial charge in [-0.1, -0.05) is 6.42 Å². The molecule has 0 aromatic carbocycles. The predicted molar refractivity (Wildman–Crippen MR) is 69.2 cm³/mol. The first-order chi connectivity index (χ1) is 7.77. The first-order valence-electron chi connectivity index (χ1n) is 6.56. The first kappa shape index (κ1) is 11.8. The smallest absolute Gasteiger partial charge is 0.0406 e. The molecule has 0 bridgehead atoms. The van der Waals surface area contributed by atoms with Crippen LogP contribution in [0.25, 0.3) is 0 Å². The van der Waals surface area contributed by atoms with Crippen LogP contribution in [0.2, 0.25) is 0 Å². The molecule has 1 aliphatic heterocycles. The van der Waals surface area contributed by atoms with E-state index in [0.29, 0.717) is 5.92 Å². The van der Waals surface area contributed by atoms with E-state index in [1.54, 1.807) is 0 Å². The maximum absolute atomic E-state index is 4.43. The maximum Gasteiger partial charge on any atom is 0.0406 e. The Kier molecular flexibility index (Phi) is 4.10. The van der Waals surface area contributed by atoms with E-state index in [-0.39, 0.29) is 0 Å². The van der Waals surface area contributed by atoms with Crippen molar-refractivity contribution in [2.45, 2.75) is 46.0 Å². The molecule has 90 valence electrons. The Hall–Kier alpha value is -0.700. The van der Waals surface area contributed by atoms with Crippen LogP contribution in [0.4, 0.5) is 0 Å². The van der Waals surface area contributed by atoms with Crippen LogP contribution in [0.5, 0.6) is 0 Å². The standard InChI is InChI=1S/C13H23N3/c1-10(12-4-3-5-12)15-16-11(2)13-6-8-14-9-7-13/h12-14H,3-9H2,1-2H3/b15-10+,16-11+. The highest BCUT2D eigenvalue weighted by Crippen LogP contribution is 2.27. The van der Waals surface area contributed by atoms with Gasteiger partial charge in [-0.05, 0) is 58.5 Å². The second-order valence-electron chi connectivity index (χ2n) is 5.13. The lowest BCUT2D eigenvalue weighted by atomic mass is 9.82. The summed E-state index contributed by atoms with van der Waals surface area (Å²) < 4.78 is 0. The van der Waals surface area contributed by atoms with Gasteiger partial charge < -0.3 is 5.32 Å². The molecule has 0 atom stereocenters. The van der Waals surface area contributed by atoms with Crippen molar-refractivity contribution in [1.29, 1.82) is 0 Å². The van der Waals surface area contributed by atoms with Gasteiger partial charge in [0.2, 0.25) is 0 Å². The molecule has 0 unspecified atom stereocenters. The van der Waals surface area contributed by atoms with Gasteiger partial charge in [-0.15, -0.1) is 0 Å². The summed E-state index contributed by atoms with van der Waals surface area (Å²) in [5, 5.41) is 12.2. The van der Waals surface area contributed by atoms with Gasteiger partial charge in [0.15, 0.2) is 0 Å². The van der Waals surface area contributed by atoms with Crippen LogP contribution >= 0.6 is 0 Å². The zero-order chi connectivity index (χ0) is 11.4. The Balaban J connectivity index is 1.89. The highest BCUT2D eigenvalue weighted by atomic mass is 15.2. The van der Waals surface area contributed by atoms with E-state index < -0.39 is 0 Å². The number of nitrogens with zero attached hydrogens (tertiary/aromatic N) is 2. The topological polar surface area (TPSA) is 36.8 Å². The lowest BCUT2D eigenvalue weighted by Crippen LogP contribution is -2.30. The molecular formula is C13H23N3. The minimum Gasteiger partial charge on any atom is -0.317 e. The van der Waals surface area contributed by atoms with Gasteiger partial charge in [-0.2, -0.15) is 10.2 Å². The van der Waals surface area contributed by atoms with Crippen LogP contribution in [0, 0.1) is 11.8 Å². The number of rotatable bonds is 3. The molecule has 0 aromatic heterocycles. The lowest BCUT2D eigenvalue weighted by molar-refractivity contribution is 0.411. The van der Waals surface area contributed by atoms with Crippen molar-refractivity contribution < 1.29 is 0 Å². The van der Waals surface area contributed by atoms with Gasteiger partial charge in [-0.3, -0.25) is 0 Å². The summed E-state index contributed by atoms with van der Waals surface area (Å²) in [5.41, 5.74) is 2.46. The van der Waals surface area contributed by atoms with E-state index in [0.717, 1.165) is 19.0 Å². The molecule has 3 nitrogen and oxygen atoms in total. The second kappa shape index (κ2) is 5.58. The molecule has 3 heteroatoms. The van der Waals surface area contributed by atoms with Gasteiger partial charge in [0, 0.05) is 17.3 Å². The molecule has 0 amide bonds. The second-order valence-corrected chi connectivity index (χ2v) is 5.13. The predicted octanol–water partition coefficient (Wildman–Crippen LogP) is 2.62. The summed E-state index contributed by atoms with van der Waals surface area (Å²) in [6.07, 6.45) is 6.43. The van der Waals surface area contributed by atoms with E-state index in [4.69, 9.17) is 0 Å². The average Bonchev–Trinajstić information content (AvgIpc) is 2.25. The molecule has 0 radical (unpaired) electrons. The quantitative estimate of drug-likeness (QED) is 0.577. The third-order valence-corrected chi connectivity index (χ3v) is 3.99. The van der Waals surface area contributed by atoms with E-state index >= 15 is 0 Å². The lowest BCUT2D eigenvalue weighted by Gasteiger charge is -2.24. The molecule has 2 rings (SSSR count). The van der Waals surface area contributed by atoms with Crippen LogP contribution in [0.15, 0.2) is 10.2 Å². The molecule has 0 spiro atoms. The molecule has 1 saturated carbocycles. The Bertz CT molecular complexity index is 284. The Labute approximate surface area is 98.4 Å². The monoisotopic (exact) mass is 221 g/mol. The van der Waals surface area contributed by atoms with Crippen molar-refractivity contribution >= 4 is 11.4 Å². The molecule has 16 heavy (non-hydrogen) atoms. The van der Waals surface area contributed by atoms with Gasteiger partial charge in [0.25, 0.3) is 0 Å². The Morgan fingerprint density at radius 1 is 0.875 bits per heavy atom. The summed E-state index contributed by atoms with van der Waals surface area (Å²) in [7, 11) is 0.